The van der Waals surface area contributed by atoms with Gasteiger partial charge in [0.25, 0.3) is 11.8 Å². The van der Waals surface area contributed by atoms with Crippen LogP contribution in [0.15, 0.2) is 48.5 Å². The molecule has 0 saturated carbocycles. The summed E-state index contributed by atoms with van der Waals surface area (Å²) in [4.78, 5) is 38.8. The van der Waals surface area contributed by atoms with E-state index in [1.54, 1.807) is 48.5 Å². The molecule has 164 valence electrons. The molecule has 31 heavy (non-hydrogen) atoms. The SMILES string of the molecule is CC(C)NC(=O)c1cccc(NC(=O)CNc2ccc(C(=O)N3CCCCC3)cc2)c1. The van der Waals surface area contributed by atoms with E-state index in [4.69, 9.17) is 0 Å². The number of piperidine rings is 1. The molecule has 1 heterocycles. The van der Waals surface area contributed by atoms with Crippen molar-refractivity contribution >= 4 is 29.1 Å². The molecule has 1 aliphatic rings. The van der Waals surface area contributed by atoms with Gasteiger partial charge in [0, 0.05) is 41.6 Å². The molecule has 2 aromatic rings. The summed E-state index contributed by atoms with van der Waals surface area (Å²) >= 11 is 0. The molecule has 7 nitrogen and oxygen atoms in total. The van der Waals surface area contributed by atoms with Crippen molar-refractivity contribution < 1.29 is 14.4 Å². The lowest BCUT2D eigenvalue weighted by molar-refractivity contribution is -0.114. The standard InChI is InChI=1S/C24H30N4O3/c1-17(2)26-23(30)19-7-6-8-21(15-19)27-22(29)16-25-20-11-9-18(10-12-20)24(31)28-13-4-3-5-14-28/h6-12,15,17,25H,3-5,13-14,16H2,1-2H3,(H,26,30)(H,27,29). The molecule has 0 aromatic heterocycles. The van der Waals surface area contributed by atoms with Crippen LogP contribution < -0.4 is 16.0 Å². The molecule has 1 saturated heterocycles. The highest BCUT2D eigenvalue weighted by molar-refractivity contribution is 5.98. The Bertz CT molecular complexity index is 919. The number of benzene rings is 2. The predicted molar refractivity (Wildman–Crippen MR) is 122 cm³/mol. The number of nitrogens with one attached hydrogen (secondary N) is 3. The minimum Gasteiger partial charge on any atom is -0.376 e. The van der Waals surface area contributed by atoms with Gasteiger partial charge in [0.1, 0.15) is 0 Å². The summed E-state index contributed by atoms with van der Waals surface area (Å²) in [5, 5.41) is 8.68. The summed E-state index contributed by atoms with van der Waals surface area (Å²) in [6, 6.07) is 14.1. The van der Waals surface area contributed by atoms with Crippen molar-refractivity contribution in [2.24, 2.45) is 0 Å². The van der Waals surface area contributed by atoms with Crippen molar-refractivity contribution in [1.29, 1.82) is 0 Å². The molecular weight excluding hydrogens is 392 g/mol. The fourth-order valence-electron chi connectivity index (χ4n) is 3.48. The number of hydrogen-bond acceptors (Lipinski definition) is 4. The van der Waals surface area contributed by atoms with Crippen LogP contribution in [0.25, 0.3) is 0 Å². The van der Waals surface area contributed by atoms with Crippen molar-refractivity contribution in [2.45, 2.75) is 39.2 Å². The zero-order valence-electron chi connectivity index (χ0n) is 18.1. The second-order valence-electron chi connectivity index (χ2n) is 8.04. The van der Waals surface area contributed by atoms with Crippen LogP contribution in [0.5, 0.6) is 0 Å². The average molecular weight is 423 g/mol. The van der Waals surface area contributed by atoms with Gasteiger partial charge in [-0.2, -0.15) is 0 Å². The molecule has 0 aliphatic carbocycles. The third-order valence-corrected chi connectivity index (χ3v) is 5.06. The first-order valence-electron chi connectivity index (χ1n) is 10.8. The Labute approximate surface area is 183 Å². The molecule has 2 aromatic carbocycles. The number of likely N-dealkylation sites (tertiary alicyclic amines) is 1. The van der Waals surface area contributed by atoms with Crippen molar-refractivity contribution in [3.8, 4) is 0 Å². The van der Waals surface area contributed by atoms with Gasteiger partial charge in [0.15, 0.2) is 0 Å². The van der Waals surface area contributed by atoms with Crippen LogP contribution in [-0.2, 0) is 4.79 Å². The number of rotatable bonds is 7. The number of amides is 3. The fraction of sp³-hybridized carbons (Fsp3) is 0.375. The minimum atomic E-state index is -0.227. The fourth-order valence-corrected chi connectivity index (χ4v) is 3.48. The quantitative estimate of drug-likeness (QED) is 0.637. The zero-order valence-corrected chi connectivity index (χ0v) is 18.1. The summed E-state index contributed by atoms with van der Waals surface area (Å²) in [5.41, 5.74) is 2.47. The van der Waals surface area contributed by atoms with Gasteiger partial charge in [-0.05, 0) is 75.6 Å². The maximum absolute atomic E-state index is 12.5. The van der Waals surface area contributed by atoms with Crippen molar-refractivity contribution in [2.75, 3.05) is 30.3 Å². The normalized spacial score (nSPS) is 13.6. The van der Waals surface area contributed by atoms with E-state index in [1.807, 2.05) is 18.7 Å². The second-order valence-corrected chi connectivity index (χ2v) is 8.04. The Hall–Kier alpha value is -3.35. The van der Waals surface area contributed by atoms with E-state index < -0.39 is 0 Å². The van der Waals surface area contributed by atoms with E-state index in [1.165, 1.54) is 6.42 Å². The molecule has 3 rings (SSSR count). The first-order valence-corrected chi connectivity index (χ1v) is 10.8. The molecule has 0 bridgehead atoms. The van der Waals surface area contributed by atoms with Gasteiger partial charge >= 0.3 is 0 Å². The molecule has 1 aliphatic heterocycles. The lowest BCUT2D eigenvalue weighted by Gasteiger charge is -2.26. The Balaban J connectivity index is 1.50. The summed E-state index contributed by atoms with van der Waals surface area (Å²) in [6.07, 6.45) is 3.31. The summed E-state index contributed by atoms with van der Waals surface area (Å²) in [6.45, 7) is 5.50. The summed E-state index contributed by atoms with van der Waals surface area (Å²) in [5.74, 6) is -0.344. The number of carbonyl (C=O) groups excluding carboxylic acids is 3. The van der Waals surface area contributed by atoms with Crippen molar-refractivity contribution in [3.63, 3.8) is 0 Å². The molecule has 0 unspecified atom stereocenters. The van der Waals surface area contributed by atoms with Gasteiger partial charge in [-0.25, -0.2) is 0 Å². The third kappa shape index (κ3) is 6.57. The van der Waals surface area contributed by atoms with Crippen LogP contribution in [0, 0.1) is 0 Å². The van der Waals surface area contributed by atoms with Crippen molar-refractivity contribution in [1.82, 2.24) is 10.2 Å². The highest BCUT2D eigenvalue weighted by Crippen LogP contribution is 2.16. The molecule has 7 heteroatoms. The van der Waals surface area contributed by atoms with Gasteiger partial charge < -0.3 is 20.9 Å². The van der Waals surface area contributed by atoms with Gasteiger partial charge in [-0.1, -0.05) is 6.07 Å². The Kier molecular flexibility index (Phi) is 7.65. The third-order valence-electron chi connectivity index (χ3n) is 5.06. The average Bonchev–Trinajstić information content (AvgIpc) is 2.78. The van der Waals surface area contributed by atoms with Gasteiger partial charge in [0.2, 0.25) is 5.91 Å². The molecule has 3 N–H and O–H groups in total. The lowest BCUT2D eigenvalue weighted by atomic mass is 10.1. The topological polar surface area (TPSA) is 90.5 Å². The summed E-state index contributed by atoms with van der Waals surface area (Å²) < 4.78 is 0. The van der Waals surface area contributed by atoms with Crippen LogP contribution in [0.1, 0.15) is 53.8 Å². The largest absolute Gasteiger partial charge is 0.376 e. The van der Waals surface area contributed by atoms with E-state index in [9.17, 15) is 14.4 Å². The second kappa shape index (κ2) is 10.6. The van der Waals surface area contributed by atoms with Gasteiger partial charge in [-0.3, -0.25) is 14.4 Å². The van der Waals surface area contributed by atoms with Crippen LogP contribution in [-0.4, -0.2) is 48.3 Å². The Morgan fingerprint density at radius 1 is 0.903 bits per heavy atom. The zero-order chi connectivity index (χ0) is 22.2. The Morgan fingerprint density at radius 3 is 2.29 bits per heavy atom. The predicted octanol–water partition coefficient (Wildman–Crippen LogP) is 3.50. The number of anilines is 2. The first-order chi connectivity index (χ1) is 14.9. The molecule has 0 radical (unpaired) electrons. The number of hydrogen-bond donors (Lipinski definition) is 3. The number of nitrogens with zero attached hydrogens (tertiary/aromatic N) is 1. The Morgan fingerprint density at radius 2 is 1.61 bits per heavy atom. The van der Waals surface area contributed by atoms with Crippen LogP contribution in [0.4, 0.5) is 11.4 Å². The maximum Gasteiger partial charge on any atom is 0.253 e. The van der Waals surface area contributed by atoms with Crippen LogP contribution >= 0.6 is 0 Å². The van der Waals surface area contributed by atoms with Crippen LogP contribution in [0.3, 0.4) is 0 Å². The van der Waals surface area contributed by atoms with E-state index in [2.05, 4.69) is 16.0 Å². The van der Waals surface area contributed by atoms with E-state index in [0.717, 1.165) is 31.6 Å². The molecule has 0 spiro atoms. The monoisotopic (exact) mass is 422 g/mol. The van der Waals surface area contributed by atoms with Gasteiger partial charge in [-0.15, -0.1) is 0 Å². The first kappa shape index (κ1) is 22.3. The molecular formula is C24H30N4O3. The highest BCUT2D eigenvalue weighted by Gasteiger charge is 2.18. The smallest absolute Gasteiger partial charge is 0.253 e. The van der Waals surface area contributed by atoms with Crippen LogP contribution in [0.2, 0.25) is 0 Å². The molecule has 0 atom stereocenters. The molecule has 1 fully saturated rings. The van der Waals surface area contributed by atoms with E-state index >= 15 is 0 Å². The van der Waals surface area contributed by atoms with Gasteiger partial charge in [0.05, 0.1) is 6.54 Å². The minimum absolute atomic E-state index is 0.0384. The molecule has 3 amide bonds. The van der Waals surface area contributed by atoms with E-state index in [0.29, 0.717) is 16.8 Å². The van der Waals surface area contributed by atoms with Crippen molar-refractivity contribution in [3.05, 3.63) is 59.7 Å². The number of carbonyl (C=O) groups is 3. The maximum atomic E-state index is 12.5. The van der Waals surface area contributed by atoms with E-state index in [-0.39, 0.29) is 30.3 Å². The highest BCUT2D eigenvalue weighted by atomic mass is 16.2. The lowest BCUT2D eigenvalue weighted by Crippen LogP contribution is -2.35. The summed E-state index contributed by atoms with van der Waals surface area (Å²) in [7, 11) is 0.